The monoisotopic (exact) mass is 579 g/mol. The number of hydrogen-bond acceptors (Lipinski definition) is 5. The number of ether oxygens (including phenoxy) is 1. The summed E-state index contributed by atoms with van der Waals surface area (Å²) in [7, 11) is 0. The van der Waals surface area contributed by atoms with E-state index in [0.717, 1.165) is 37.7 Å². The third-order valence-electron chi connectivity index (χ3n) is 6.49. The fourth-order valence-corrected chi connectivity index (χ4v) is 4.71. The summed E-state index contributed by atoms with van der Waals surface area (Å²) < 4.78 is 5.39. The Hall–Kier alpha value is -3.44. The number of rotatable bonds is 15. The van der Waals surface area contributed by atoms with E-state index in [4.69, 9.17) is 11.2 Å². The minimum absolute atomic E-state index is 0.0280. The first-order chi connectivity index (χ1) is 19.6. The number of nitrogens with zero attached hydrogens (tertiary/aromatic N) is 1. The minimum atomic E-state index is -1.00. The van der Waals surface area contributed by atoms with Gasteiger partial charge in [-0.15, -0.1) is 6.42 Å². The molecule has 0 radical (unpaired) electrons. The summed E-state index contributed by atoms with van der Waals surface area (Å²) in [5.74, 6) is 1.91. The van der Waals surface area contributed by atoms with E-state index in [9.17, 15) is 14.4 Å². The average molecular weight is 580 g/mol. The number of carbonyl (C=O) groups excluding carboxylic acids is 3. The van der Waals surface area contributed by atoms with Crippen LogP contribution < -0.4 is 10.6 Å². The van der Waals surface area contributed by atoms with Crippen LogP contribution in [0.4, 0.5) is 4.79 Å². The summed E-state index contributed by atoms with van der Waals surface area (Å²) in [6, 6.07) is 14.7. The lowest BCUT2D eigenvalue weighted by molar-refractivity contribution is -0.142. The van der Waals surface area contributed by atoms with Crippen LogP contribution in [-0.2, 0) is 20.9 Å². The molecule has 2 atom stereocenters. The zero-order chi connectivity index (χ0) is 30.3. The first-order valence-corrected chi connectivity index (χ1v) is 15.0. The van der Waals surface area contributed by atoms with Crippen LogP contribution in [0.15, 0.2) is 54.6 Å². The molecule has 2 rings (SSSR count). The molecule has 2 aromatic carbocycles. The molecule has 2 N–H and O–H groups in total. The average Bonchev–Trinajstić information content (AvgIpc) is 2.95. The molecule has 3 amide bonds. The van der Waals surface area contributed by atoms with E-state index in [1.807, 2.05) is 30.3 Å². The molecule has 8 heteroatoms. The molecule has 2 aromatic rings. The van der Waals surface area contributed by atoms with Crippen molar-refractivity contribution in [1.82, 2.24) is 15.5 Å². The molecule has 41 heavy (non-hydrogen) atoms. The van der Waals surface area contributed by atoms with E-state index in [-0.39, 0.29) is 11.7 Å². The Morgan fingerprint density at radius 1 is 0.976 bits per heavy atom. The number of nitrogens with one attached hydrogen (secondary N) is 2. The van der Waals surface area contributed by atoms with Crippen LogP contribution in [0.3, 0.4) is 0 Å². The second-order valence-electron chi connectivity index (χ2n) is 11.0. The molecule has 0 aliphatic rings. The highest BCUT2D eigenvalue weighted by Crippen LogP contribution is 2.27. The van der Waals surface area contributed by atoms with Crippen molar-refractivity contribution in [3.05, 3.63) is 71.3 Å². The number of benzene rings is 2. The van der Waals surface area contributed by atoms with Crippen molar-refractivity contribution in [2.45, 2.75) is 90.4 Å². The van der Waals surface area contributed by atoms with Crippen LogP contribution in [0.2, 0.25) is 0 Å². The molecule has 0 aliphatic carbocycles. The van der Waals surface area contributed by atoms with Gasteiger partial charge in [-0.05, 0) is 44.4 Å². The number of hydrogen-bond donors (Lipinski definition) is 3. The molecule has 0 spiro atoms. The molecule has 0 bridgehead atoms. The lowest BCUT2D eigenvalue weighted by Gasteiger charge is -2.34. The van der Waals surface area contributed by atoms with Crippen molar-refractivity contribution in [1.29, 1.82) is 0 Å². The molecule has 0 fully saturated rings. The summed E-state index contributed by atoms with van der Waals surface area (Å²) in [6.45, 7) is 8.01. The van der Waals surface area contributed by atoms with Gasteiger partial charge in [-0.1, -0.05) is 93.5 Å². The van der Waals surface area contributed by atoms with Crippen LogP contribution >= 0.6 is 12.6 Å². The zero-order valence-corrected chi connectivity index (χ0v) is 25.7. The third kappa shape index (κ3) is 11.5. The van der Waals surface area contributed by atoms with Crippen LogP contribution in [-0.4, -0.2) is 46.7 Å². The molecule has 0 aliphatic heterocycles. The maximum absolute atomic E-state index is 14.1. The summed E-state index contributed by atoms with van der Waals surface area (Å²) in [6.07, 6.45) is 11.2. The fraction of sp³-hybridized carbons (Fsp3) is 0.485. The Kier molecular flexibility index (Phi) is 14.3. The van der Waals surface area contributed by atoms with Crippen molar-refractivity contribution in [3.8, 4) is 12.3 Å². The van der Waals surface area contributed by atoms with Crippen molar-refractivity contribution < 1.29 is 19.1 Å². The largest absolute Gasteiger partial charge is 0.444 e. The quantitative estimate of drug-likeness (QED) is 0.136. The summed E-state index contributed by atoms with van der Waals surface area (Å²) in [5, 5.41) is 5.65. The number of thiol groups is 1. The van der Waals surface area contributed by atoms with Gasteiger partial charge in [0.25, 0.3) is 0 Å². The van der Waals surface area contributed by atoms with Gasteiger partial charge in [-0.3, -0.25) is 9.59 Å². The SMILES string of the molecule is C#Cc1ccccc1C(C(=O)NCc1ccccc1)N(CCCCCCCC)C(=O)C(CS)NC(=O)OC(C)(C)C. The number of alkyl carbamates (subject to hydrolysis) is 1. The highest BCUT2D eigenvalue weighted by Gasteiger charge is 2.36. The van der Waals surface area contributed by atoms with E-state index >= 15 is 0 Å². The Labute approximate surface area is 251 Å². The summed E-state index contributed by atoms with van der Waals surface area (Å²) in [4.78, 5) is 42.2. The predicted molar refractivity (Wildman–Crippen MR) is 168 cm³/mol. The van der Waals surface area contributed by atoms with Crippen LogP contribution in [0.25, 0.3) is 0 Å². The summed E-state index contributed by atoms with van der Waals surface area (Å²) >= 11 is 4.37. The van der Waals surface area contributed by atoms with Crippen LogP contribution in [0, 0.1) is 12.3 Å². The maximum atomic E-state index is 14.1. The molecule has 0 saturated carbocycles. The number of terminal acetylenes is 1. The van der Waals surface area contributed by atoms with Gasteiger partial charge in [0, 0.05) is 24.4 Å². The van der Waals surface area contributed by atoms with E-state index < -0.39 is 29.7 Å². The first-order valence-electron chi connectivity index (χ1n) is 14.4. The van der Waals surface area contributed by atoms with E-state index in [0.29, 0.717) is 30.6 Å². The van der Waals surface area contributed by atoms with E-state index in [1.165, 1.54) is 4.90 Å². The second-order valence-corrected chi connectivity index (χ2v) is 11.4. The van der Waals surface area contributed by atoms with Gasteiger partial charge in [0.05, 0.1) is 0 Å². The second kappa shape index (κ2) is 17.4. The van der Waals surface area contributed by atoms with Crippen LogP contribution in [0.5, 0.6) is 0 Å². The summed E-state index contributed by atoms with van der Waals surface area (Å²) in [5.41, 5.74) is 1.27. The van der Waals surface area contributed by atoms with Gasteiger partial charge in [-0.25, -0.2) is 4.79 Å². The van der Waals surface area contributed by atoms with Gasteiger partial charge in [0.1, 0.15) is 17.7 Å². The molecule has 222 valence electrons. The highest BCUT2D eigenvalue weighted by molar-refractivity contribution is 7.80. The Morgan fingerprint density at radius 3 is 2.24 bits per heavy atom. The molecule has 7 nitrogen and oxygen atoms in total. The van der Waals surface area contributed by atoms with Crippen molar-refractivity contribution >= 4 is 30.5 Å². The molecule has 0 saturated heterocycles. The van der Waals surface area contributed by atoms with Crippen molar-refractivity contribution in [2.24, 2.45) is 0 Å². The van der Waals surface area contributed by atoms with Crippen molar-refractivity contribution in [2.75, 3.05) is 12.3 Å². The molecular formula is C33H45N3O4S. The minimum Gasteiger partial charge on any atom is -0.444 e. The number of amides is 3. The van der Waals surface area contributed by atoms with Gasteiger partial charge in [0.2, 0.25) is 11.8 Å². The zero-order valence-electron chi connectivity index (χ0n) is 24.8. The first kappa shape index (κ1) is 33.8. The molecule has 0 heterocycles. The van der Waals surface area contributed by atoms with E-state index in [1.54, 1.807) is 45.0 Å². The molecule has 0 aromatic heterocycles. The predicted octanol–water partition coefficient (Wildman–Crippen LogP) is 6.04. The van der Waals surface area contributed by atoms with Gasteiger partial charge >= 0.3 is 6.09 Å². The lowest BCUT2D eigenvalue weighted by atomic mass is 9.97. The number of carbonyl (C=O) groups is 3. The fourth-order valence-electron chi connectivity index (χ4n) is 4.46. The van der Waals surface area contributed by atoms with Gasteiger partial charge < -0.3 is 20.3 Å². The van der Waals surface area contributed by atoms with Gasteiger partial charge in [-0.2, -0.15) is 12.6 Å². The Bertz CT molecular complexity index is 1160. The van der Waals surface area contributed by atoms with E-state index in [2.05, 4.69) is 36.1 Å². The van der Waals surface area contributed by atoms with Crippen molar-refractivity contribution in [3.63, 3.8) is 0 Å². The van der Waals surface area contributed by atoms with Gasteiger partial charge in [0.15, 0.2) is 0 Å². The number of unbranched alkanes of at least 4 members (excludes halogenated alkanes) is 5. The highest BCUT2D eigenvalue weighted by atomic mass is 32.1. The standard InChI is InChI=1S/C33H45N3O4S/c1-6-8-9-10-11-17-22-36(31(38)28(24-41)35-32(39)40-33(3,4)5)29(27-21-16-15-20-26(27)7-2)30(37)34-23-25-18-13-12-14-19-25/h2,12-16,18-21,28-29,41H,6,8-11,17,22-24H2,1,3-5H3,(H,34,37)(H,35,39). The normalized spacial score (nSPS) is 12.5. The molecular weight excluding hydrogens is 534 g/mol. The molecule has 2 unspecified atom stereocenters. The lowest BCUT2D eigenvalue weighted by Crippen LogP contribution is -2.54. The van der Waals surface area contributed by atoms with Crippen LogP contribution in [0.1, 0.15) is 89.0 Å². The Balaban J connectivity index is 2.44. The maximum Gasteiger partial charge on any atom is 0.408 e. The smallest absolute Gasteiger partial charge is 0.408 e. The topological polar surface area (TPSA) is 87.7 Å². The third-order valence-corrected chi connectivity index (χ3v) is 6.85. The Morgan fingerprint density at radius 2 is 1.61 bits per heavy atom.